The van der Waals surface area contributed by atoms with Gasteiger partial charge in [0.1, 0.15) is 18.3 Å². The molecule has 2 aliphatic carbocycles. The molecule has 2 atom stereocenters. The number of carbonyl (C=O) groups is 1. The lowest BCUT2D eigenvalue weighted by atomic mass is 9.91. The summed E-state index contributed by atoms with van der Waals surface area (Å²) in [5, 5.41) is 0. The lowest BCUT2D eigenvalue weighted by Crippen LogP contribution is -2.36. The average molecular weight is 350 g/mol. The Morgan fingerprint density at radius 3 is 2.17 bits per heavy atom. The summed E-state index contributed by atoms with van der Waals surface area (Å²) in [5.41, 5.74) is -3.81. The maximum absolute atomic E-state index is 14.2. The van der Waals surface area contributed by atoms with Gasteiger partial charge >= 0.3 is 5.97 Å². The highest BCUT2D eigenvalue weighted by Gasteiger charge is 2.69. The van der Waals surface area contributed by atoms with Crippen molar-refractivity contribution in [2.45, 2.75) is 33.4 Å². The highest BCUT2D eigenvalue weighted by atomic mass is 19.2. The van der Waals surface area contributed by atoms with Crippen molar-refractivity contribution in [1.29, 1.82) is 0 Å². The summed E-state index contributed by atoms with van der Waals surface area (Å²) in [6.07, 6.45) is 0.591. The largest absolute Gasteiger partial charge is 0.464 e. The molecule has 0 aromatic heterocycles. The van der Waals surface area contributed by atoms with E-state index in [0.717, 1.165) is 7.11 Å². The third-order valence-electron chi connectivity index (χ3n) is 5.61. The van der Waals surface area contributed by atoms with E-state index in [-0.39, 0.29) is 16.7 Å². The van der Waals surface area contributed by atoms with E-state index in [4.69, 9.17) is 4.74 Å². The Hall–Kier alpha value is -1.37. The number of halogens is 4. The Balaban J connectivity index is 2.07. The Morgan fingerprint density at radius 2 is 1.71 bits per heavy atom. The van der Waals surface area contributed by atoms with Crippen molar-refractivity contribution in [3.8, 4) is 0 Å². The van der Waals surface area contributed by atoms with Gasteiger partial charge in [-0.3, -0.25) is 4.79 Å². The van der Waals surface area contributed by atoms with Crippen LogP contribution in [0.4, 0.5) is 17.6 Å². The van der Waals surface area contributed by atoms with Gasteiger partial charge in [-0.25, -0.2) is 17.6 Å². The number of hydrogen-bond acceptors (Lipinski definition) is 3. The fourth-order valence-corrected chi connectivity index (χ4v) is 3.33. The molecule has 1 saturated carbocycles. The van der Waals surface area contributed by atoms with E-state index < -0.39 is 48.3 Å². The molecule has 2 unspecified atom stereocenters. The van der Waals surface area contributed by atoms with Crippen molar-refractivity contribution >= 4 is 5.97 Å². The standard InChI is InChI=1S/C17H22F4O3/c1-15(2)12(16(15,3)4)14(22)24-7-9-6-10(18)17(21,8-23-5)13(20)11(9)19/h6,9,12H,7-8H2,1-5H3. The predicted molar refractivity (Wildman–Crippen MR) is 79.6 cm³/mol. The zero-order chi connectivity index (χ0) is 18.5. The van der Waals surface area contributed by atoms with E-state index in [9.17, 15) is 22.4 Å². The first-order valence-electron chi connectivity index (χ1n) is 7.69. The normalized spacial score (nSPS) is 31.7. The number of methoxy groups -OCH3 is 1. The second-order valence-electron chi connectivity index (χ2n) is 7.52. The molecule has 0 spiro atoms. The first kappa shape index (κ1) is 19.0. The zero-order valence-electron chi connectivity index (χ0n) is 14.4. The van der Waals surface area contributed by atoms with Crippen LogP contribution in [0, 0.1) is 22.7 Å². The van der Waals surface area contributed by atoms with Crippen molar-refractivity contribution < 1.29 is 31.8 Å². The predicted octanol–water partition coefficient (Wildman–Crippen LogP) is 4.20. The van der Waals surface area contributed by atoms with Gasteiger partial charge < -0.3 is 9.47 Å². The highest BCUT2D eigenvalue weighted by molar-refractivity contribution is 5.78. The summed E-state index contributed by atoms with van der Waals surface area (Å²) in [7, 11) is 1.05. The molecule has 0 heterocycles. The number of ether oxygens (including phenoxy) is 2. The fraction of sp³-hybridized carbons (Fsp3) is 0.706. The molecular weight excluding hydrogens is 328 g/mol. The molecular formula is C17H22F4O3. The molecule has 3 nitrogen and oxygen atoms in total. The summed E-state index contributed by atoms with van der Waals surface area (Å²) < 4.78 is 65.4. The molecule has 24 heavy (non-hydrogen) atoms. The molecule has 7 heteroatoms. The van der Waals surface area contributed by atoms with E-state index in [1.54, 1.807) is 0 Å². The zero-order valence-corrected chi connectivity index (χ0v) is 14.4. The quantitative estimate of drug-likeness (QED) is 0.551. The number of rotatable bonds is 5. The SMILES string of the molecule is COCC1(F)C(F)=CC(COC(=O)C2C(C)(C)C2(C)C)C(F)=C1F. The molecule has 0 N–H and O–H groups in total. The van der Waals surface area contributed by atoms with Gasteiger partial charge in [0.15, 0.2) is 5.83 Å². The first-order valence-corrected chi connectivity index (χ1v) is 7.69. The van der Waals surface area contributed by atoms with Crippen LogP contribution in [0.5, 0.6) is 0 Å². The van der Waals surface area contributed by atoms with Crippen molar-refractivity contribution in [3.63, 3.8) is 0 Å². The molecule has 0 aromatic carbocycles. The minimum absolute atomic E-state index is 0.274. The maximum atomic E-state index is 14.2. The van der Waals surface area contributed by atoms with Gasteiger partial charge in [-0.2, -0.15) is 0 Å². The molecule has 0 aliphatic heterocycles. The first-order chi connectivity index (χ1) is 10.9. The Bertz CT molecular complexity index is 595. The molecule has 136 valence electrons. The summed E-state index contributed by atoms with van der Waals surface area (Å²) in [5.74, 6) is -7.28. The second-order valence-corrected chi connectivity index (χ2v) is 7.52. The van der Waals surface area contributed by atoms with Crippen LogP contribution >= 0.6 is 0 Å². The second kappa shape index (κ2) is 5.86. The molecule has 1 fully saturated rings. The van der Waals surface area contributed by atoms with Crippen LogP contribution in [0.25, 0.3) is 0 Å². The maximum Gasteiger partial charge on any atom is 0.310 e. The van der Waals surface area contributed by atoms with Gasteiger partial charge in [0.05, 0.1) is 18.4 Å². The molecule has 0 saturated heterocycles. The molecule has 2 rings (SSSR count). The van der Waals surface area contributed by atoms with Crippen LogP contribution in [-0.4, -0.2) is 32.0 Å². The van der Waals surface area contributed by atoms with Crippen LogP contribution in [0.3, 0.4) is 0 Å². The van der Waals surface area contributed by atoms with E-state index in [1.807, 2.05) is 27.7 Å². The smallest absolute Gasteiger partial charge is 0.310 e. The number of hydrogen-bond donors (Lipinski definition) is 0. The summed E-state index contributed by atoms with van der Waals surface area (Å²) in [6, 6.07) is 0. The van der Waals surface area contributed by atoms with Gasteiger partial charge in [0, 0.05) is 7.11 Å². The minimum atomic E-state index is -3.26. The van der Waals surface area contributed by atoms with E-state index in [1.165, 1.54) is 0 Å². The van der Waals surface area contributed by atoms with Crippen molar-refractivity contribution in [2.75, 3.05) is 20.3 Å². The van der Waals surface area contributed by atoms with E-state index in [0.29, 0.717) is 6.08 Å². The molecule has 0 aromatic rings. The van der Waals surface area contributed by atoms with Crippen LogP contribution in [0.2, 0.25) is 0 Å². The molecule has 0 bridgehead atoms. The number of alkyl halides is 1. The summed E-state index contributed by atoms with van der Waals surface area (Å²) in [4.78, 5) is 12.1. The number of carbonyl (C=O) groups excluding carboxylic acids is 1. The van der Waals surface area contributed by atoms with Crippen LogP contribution in [0.1, 0.15) is 27.7 Å². The Morgan fingerprint density at radius 1 is 1.17 bits per heavy atom. The van der Waals surface area contributed by atoms with Gasteiger partial charge in [-0.15, -0.1) is 0 Å². The lowest BCUT2D eigenvalue weighted by Gasteiger charge is -2.27. The Labute approximate surface area is 138 Å². The van der Waals surface area contributed by atoms with Crippen molar-refractivity contribution in [1.82, 2.24) is 0 Å². The van der Waals surface area contributed by atoms with Gasteiger partial charge in [0.25, 0.3) is 0 Å². The van der Waals surface area contributed by atoms with Crippen LogP contribution in [0.15, 0.2) is 23.6 Å². The number of esters is 1. The van der Waals surface area contributed by atoms with Crippen molar-refractivity contribution in [3.05, 3.63) is 23.6 Å². The lowest BCUT2D eigenvalue weighted by molar-refractivity contribution is -0.147. The van der Waals surface area contributed by atoms with E-state index in [2.05, 4.69) is 4.74 Å². The summed E-state index contributed by atoms with van der Waals surface area (Å²) >= 11 is 0. The van der Waals surface area contributed by atoms with Crippen LogP contribution < -0.4 is 0 Å². The fourth-order valence-electron chi connectivity index (χ4n) is 3.33. The summed E-state index contributed by atoms with van der Waals surface area (Å²) in [6.45, 7) is 6.05. The highest BCUT2D eigenvalue weighted by Crippen LogP contribution is 2.68. The minimum Gasteiger partial charge on any atom is -0.464 e. The molecule has 2 aliphatic rings. The van der Waals surface area contributed by atoms with Gasteiger partial charge in [-0.05, 0) is 16.9 Å². The third kappa shape index (κ3) is 2.66. The van der Waals surface area contributed by atoms with Crippen molar-refractivity contribution in [2.24, 2.45) is 22.7 Å². The molecule has 0 radical (unpaired) electrons. The van der Waals surface area contributed by atoms with E-state index >= 15 is 0 Å². The van der Waals surface area contributed by atoms with Crippen LogP contribution in [-0.2, 0) is 14.3 Å². The van der Waals surface area contributed by atoms with Gasteiger partial charge in [0.2, 0.25) is 5.67 Å². The molecule has 0 amide bonds. The topological polar surface area (TPSA) is 35.5 Å². The monoisotopic (exact) mass is 350 g/mol. The average Bonchev–Trinajstić information content (AvgIpc) is 2.89. The Kier molecular flexibility index (Phi) is 4.63. The van der Waals surface area contributed by atoms with Gasteiger partial charge in [-0.1, -0.05) is 27.7 Å². The third-order valence-corrected chi connectivity index (χ3v) is 5.61.